The molecule has 0 spiro atoms. The summed E-state index contributed by atoms with van der Waals surface area (Å²) in [6, 6.07) is 5.38. The number of ketones is 1. The highest BCUT2D eigenvalue weighted by molar-refractivity contribution is 6.12. The minimum Gasteiger partial charge on any atom is -0.294 e. The highest BCUT2D eigenvalue weighted by atomic mass is 19.4. The Hall–Kier alpha value is -1.91. The monoisotopic (exact) mass is 335 g/mol. The van der Waals surface area contributed by atoms with Crippen LogP contribution in [-0.4, -0.2) is 11.5 Å². The van der Waals surface area contributed by atoms with Crippen LogP contribution in [0.4, 0.5) is 13.2 Å². The minimum absolute atomic E-state index is 0.128. The van der Waals surface area contributed by atoms with Crippen molar-refractivity contribution in [1.29, 1.82) is 0 Å². The number of alkyl halides is 3. The Balaban J connectivity index is 1.80. The van der Waals surface area contributed by atoms with Gasteiger partial charge < -0.3 is 0 Å². The van der Waals surface area contributed by atoms with E-state index in [1.165, 1.54) is 0 Å². The second kappa shape index (κ2) is 6.54. The maximum absolute atomic E-state index is 12.7. The summed E-state index contributed by atoms with van der Waals surface area (Å²) in [6.07, 6.45) is -0.00490. The lowest BCUT2D eigenvalue weighted by molar-refractivity contribution is -0.137. The molecule has 0 amide bonds. The van der Waals surface area contributed by atoms with Gasteiger partial charge in [0.25, 0.3) is 0 Å². The molecule has 1 aromatic carbocycles. The number of nitrogens with zero attached hydrogens (tertiary/aromatic N) is 1. The number of hydrogen-bond donors (Lipinski definition) is 0. The molecule has 0 radical (unpaired) electrons. The van der Waals surface area contributed by atoms with Crippen molar-refractivity contribution >= 4 is 11.5 Å². The Labute approximate surface area is 139 Å². The van der Waals surface area contributed by atoms with Gasteiger partial charge >= 0.3 is 6.18 Å². The molecule has 0 fully saturated rings. The fourth-order valence-corrected chi connectivity index (χ4v) is 3.52. The van der Waals surface area contributed by atoms with Gasteiger partial charge in [-0.05, 0) is 49.3 Å². The number of carbonyl (C=O) groups excluding carboxylic acids is 1. The Kier molecular flexibility index (Phi) is 4.61. The van der Waals surface area contributed by atoms with Gasteiger partial charge in [-0.1, -0.05) is 25.5 Å². The van der Waals surface area contributed by atoms with E-state index in [1.54, 1.807) is 12.1 Å². The largest absolute Gasteiger partial charge is 0.416 e. The third kappa shape index (κ3) is 3.45. The van der Waals surface area contributed by atoms with Crippen molar-refractivity contribution in [3.05, 3.63) is 46.7 Å². The molecule has 0 aromatic heterocycles. The third-order valence-electron chi connectivity index (χ3n) is 4.77. The minimum atomic E-state index is -4.31. The van der Waals surface area contributed by atoms with Crippen molar-refractivity contribution < 1.29 is 18.0 Å². The quantitative estimate of drug-likeness (QED) is 0.723. The van der Waals surface area contributed by atoms with Gasteiger partial charge in [-0.3, -0.25) is 9.79 Å². The van der Waals surface area contributed by atoms with Crippen LogP contribution >= 0.6 is 0 Å². The maximum Gasteiger partial charge on any atom is 0.416 e. The van der Waals surface area contributed by atoms with E-state index in [9.17, 15) is 18.0 Å². The SMILES string of the molecule is CCCC1=NC2=C(CCC(c3ccc(C(F)(F)F)cc3)C2)C(=O)C1. The number of rotatable bonds is 3. The first kappa shape index (κ1) is 16.9. The number of benzene rings is 1. The van der Waals surface area contributed by atoms with E-state index >= 15 is 0 Å². The molecule has 1 unspecified atom stereocenters. The van der Waals surface area contributed by atoms with E-state index < -0.39 is 11.7 Å². The van der Waals surface area contributed by atoms with E-state index in [1.807, 2.05) is 0 Å². The van der Waals surface area contributed by atoms with Crippen molar-refractivity contribution in [3.8, 4) is 0 Å². The van der Waals surface area contributed by atoms with E-state index in [0.29, 0.717) is 19.3 Å². The highest BCUT2D eigenvalue weighted by Gasteiger charge is 2.32. The van der Waals surface area contributed by atoms with Crippen LogP contribution < -0.4 is 0 Å². The summed E-state index contributed by atoms with van der Waals surface area (Å²) in [5.41, 5.74) is 2.89. The molecule has 1 atom stereocenters. The van der Waals surface area contributed by atoms with E-state index in [0.717, 1.165) is 53.9 Å². The summed E-state index contributed by atoms with van der Waals surface area (Å²) >= 11 is 0. The van der Waals surface area contributed by atoms with Crippen LogP contribution in [0.15, 0.2) is 40.5 Å². The summed E-state index contributed by atoms with van der Waals surface area (Å²) in [5.74, 6) is 0.304. The summed E-state index contributed by atoms with van der Waals surface area (Å²) in [6.45, 7) is 2.06. The molecule has 128 valence electrons. The average Bonchev–Trinajstić information content (AvgIpc) is 2.54. The van der Waals surface area contributed by atoms with Crippen molar-refractivity contribution in [2.45, 2.75) is 57.5 Å². The van der Waals surface area contributed by atoms with Crippen LogP contribution in [0.3, 0.4) is 0 Å². The molecule has 0 bridgehead atoms. The Morgan fingerprint density at radius 3 is 2.54 bits per heavy atom. The lowest BCUT2D eigenvalue weighted by atomic mass is 9.79. The zero-order valence-corrected chi connectivity index (χ0v) is 13.6. The van der Waals surface area contributed by atoms with Gasteiger partial charge in [0.1, 0.15) is 0 Å². The van der Waals surface area contributed by atoms with E-state index in [4.69, 9.17) is 0 Å². The van der Waals surface area contributed by atoms with Gasteiger partial charge in [-0.15, -0.1) is 0 Å². The first-order valence-electron chi connectivity index (χ1n) is 8.37. The highest BCUT2D eigenvalue weighted by Crippen LogP contribution is 2.40. The number of aliphatic imine (C=N–C) groups is 1. The van der Waals surface area contributed by atoms with Crippen molar-refractivity contribution in [1.82, 2.24) is 0 Å². The van der Waals surface area contributed by atoms with Crippen LogP contribution in [0.5, 0.6) is 0 Å². The molecule has 1 heterocycles. The Bertz CT molecular complexity index is 698. The second-order valence-electron chi connectivity index (χ2n) is 6.51. The predicted molar refractivity (Wildman–Crippen MR) is 87.0 cm³/mol. The van der Waals surface area contributed by atoms with Crippen molar-refractivity contribution in [3.63, 3.8) is 0 Å². The molecule has 0 saturated carbocycles. The van der Waals surface area contributed by atoms with Gasteiger partial charge in [0.05, 0.1) is 5.56 Å². The molecule has 1 aromatic rings. The molecule has 0 saturated heterocycles. The number of halogens is 3. The standard InChI is InChI=1S/C19H20F3NO/c1-2-3-15-11-18(24)16-9-6-13(10-17(16)23-15)12-4-7-14(8-5-12)19(20,21)22/h4-5,7-8,13H,2-3,6,9-11H2,1H3. The van der Waals surface area contributed by atoms with Gasteiger partial charge in [0.15, 0.2) is 5.78 Å². The molecular formula is C19H20F3NO. The topological polar surface area (TPSA) is 29.4 Å². The van der Waals surface area contributed by atoms with E-state index in [-0.39, 0.29) is 11.7 Å². The lowest BCUT2D eigenvalue weighted by Crippen LogP contribution is -2.21. The van der Waals surface area contributed by atoms with Crippen molar-refractivity contribution in [2.24, 2.45) is 4.99 Å². The zero-order chi connectivity index (χ0) is 17.3. The van der Waals surface area contributed by atoms with E-state index in [2.05, 4.69) is 11.9 Å². The van der Waals surface area contributed by atoms with Crippen LogP contribution in [0.25, 0.3) is 0 Å². The van der Waals surface area contributed by atoms with Gasteiger partial charge in [0, 0.05) is 23.4 Å². The normalized spacial score (nSPS) is 21.6. The Morgan fingerprint density at radius 1 is 1.21 bits per heavy atom. The molecule has 0 N–H and O–H groups in total. The number of carbonyl (C=O) groups is 1. The summed E-state index contributed by atoms with van der Waals surface area (Å²) in [4.78, 5) is 16.9. The Morgan fingerprint density at radius 2 is 1.92 bits per heavy atom. The van der Waals surface area contributed by atoms with Crippen molar-refractivity contribution in [2.75, 3.05) is 0 Å². The average molecular weight is 335 g/mol. The fourth-order valence-electron chi connectivity index (χ4n) is 3.52. The fraction of sp³-hybridized carbons (Fsp3) is 0.474. The smallest absolute Gasteiger partial charge is 0.294 e. The molecule has 3 rings (SSSR count). The number of hydrogen-bond acceptors (Lipinski definition) is 2. The molecule has 24 heavy (non-hydrogen) atoms. The molecule has 1 aliphatic heterocycles. The summed E-state index contributed by atoms with van der Waals surface area (Å²) < 4.78 is 38.0. The predicted octanol–water partition coefficient (Wildman–Crippen LogP) is 5.44. The molecular weight excluding hydrogens is 315 g/mol. The van der Waals surface area contributed by atoms with Gasteiger partial charge in [-0.25, -0.2) is 0 Å². The van der Waals surface area contributed by atoms with Crippen LogP contribution in [0.1, 0.15) is 62.5 Å². The van der Waals surface area contributed by atoms with Crippen LogP contribution in [0.2, 0.25) is 0 Å². The van der Waals surface area contributed by atoms with Gasteiger partial charge in [0.2, 0.25) is 0 Å². The van der Waals surface area contributed by atoms with Gasteiger partial charge in [-0.2, -0.15) is 13.2 Å². The maximum atomic E-state index is 12.7. The molecule has 2 nitrogen and oxygen atoms in total. The summed E-state index contributed by atoms with van der Waals surface area (Å²) in [5, 5.41) is 0. The molecule has 5 heteroatoms. The van der Waals surface area contributed by atoms with Crippen LogP contribution in [-0.2, 0) is 11.0 Å². The third-order valence-corrected chi connectivity index (χ3v) is 4.77. The second-order valence-corrected chi connectivity index (χ2v) is 6.51. The first-order valence-corrected chi connectivity index (χ1v) is 8.37. The zero-order valence-electron chi connectivity index (χ0n) is 13.6. The summed E-state index contributed by atoms with van der Waals surface area (Å²) in [7, 11) is 0. The number of Topliss-reactive ketones (excluding diaryl/α,β-unsaturated/α-hetero) is 1. The molecule has 1 aliphatic carbocycles. The number of allylic oxidation sites excluding steroid dienone is 2. The first-order chi connectivity index (χ1) is 11.4. The lowest BCUT2D eigenvalue weighted by Gasteiger charge is -2.28. The molecule has 2 aliphatic rings. The van der Waals surface area contributed by atoms with Crippen LogP contribution in [0, 0.1) is 0 Å².